The van der Waals surface area contributed by atoms with Gasteiger partial charge in [0.1, 0.15) is 36.6 Å². The number of aliphatic hydroxyl groups is 5. The highest BCUT2D eigenvalue weighted by molar-refractivity contribution is 7.99. The molecule has 0 radical (unpaired) electrons. The van der Waals surface area contributed by atoms with Gasteiger partial charge < -0.3 is 54.3 Å². The second-order valence-electron chi connectivity index (χ2n) is 9.18. The average Bonchev–Trinajstić information content (AvgIpc) is 3.20. The molecule has 2 saturated heterocycles. The maximum atomic E-state index is 12.5. The minimum absolute atomic E-state index is 0.0262. The average molecular weight is 685 g/mol. The minimum Gasteiger partial charge on any atom is -0.388 e. The minimum atomic E-state index is -5.59. The van der Waals surface area contributed by atoms with E-state index in [4.69, 9.17) is 18.9 Å². The summed E-state index contributed by atoms with van der Waals surface area (Å²) in [5, 5.41) is 51.0. The van der Waals surface area contributed by atoms with E-state index in [0.29, 0.717) is 25.6 Å². The number of aliphatic hydroxyl groups excluding tert-OH is 5. The molecule has 2 aliphatic rings. The van der Waals surface area contributed by atoms with E-state index in [1.54, 1.807) is 0 Å². The van der Waals surface area contributed by atoms with Crippen LogP contribution in [0.3, 0.4) is 0 Å². The van der Waals surface area contributed by atoms with Crippen LogP contribution < -0.4 is 11.2 Å². The number of phosphoric ester groups is 2. The maximum absolute atomic E-state index is 12.5. The Bertz CT molecular complexity index is 1250. The van der Waals surface area contributed by atoms with Crippen LogP contribution in [0, 0.1) is 0 Å². The lowest BCUT2D eigenvalue weighted by Crippen LogP contribution is -2.58. The summed E-state index contributed by atoms with van der Waals surface area (Å²) in [5.74, 6) is 0.463. The van der Waals surface area contributed by atoms with E-state index < -0.39 is 88.7 Å². The van der Waals surface area contributed by atoms with E-state index in [1.165, 1.54) is 18.9 Å². The third-order valence-corrected chi connectivity index (χ3v) is 9.68. The summed E-state index contributed by atoms with van der Waals surface area (Å²) in [6, 6.07) is 0.941. The molecule has 43 heavy (non-hydrogen) atoms. The first-order valence-electron chi connectivity index (χ1n) is 12.5. The van der Waals surface area contributed by atoms with Gasteiger partial charge in [0.05, 0.1) is 32.5 Å². The number of hydrogen-bond acceptors (Lipinski definition) is 17. The smallest absolute Gasteiger partial charge is 0.388 e. The summed E-state index contributed by atoms with van der Waals surface area (Å²) >= 11 is 1.22. The summed E-state index contributed by atoms with van der Waals surface area (Å²) in [6.45, 7) is 0.0670. The molecule has 0 aliphatic carbocycles. The Labute approximate surface area is 247 Å². The van der Waals surface area contributed by atoms with Crippen LogP contribution in [0.1, 0.15) is 6.23 Å². The van der Waals surface area contributed by atoms with Gasteiger partial charge in [-0.25, -0.2) is 13.9 Å². The highest BCUT2D eigenvalue weighted by Crippen LogP contribution is 2.61. The number of aromatic nitrogens is 2. The van der Waals surface area contributed by atoms with Crippen molar-refractivity contribution in [3.05, 3.63) is 33.1 Å². The number of rotatable bonds is 16. The van der Waals surface area contributed by atoms with Crippen molar-refractivity contribution in [3.63, 3.8) is 0 Å². The number of nitrogens with one attached hydrogen (secondary N) is 1. The summed E-state index contributed by atoms with van der Waals surface area (Å²) in [7, 11) is -9.56. The number of nitrogens with zero attached hydrogens (tertiary/aromatic N) is 1. The van der Waals surface area contributed by atoms with E-state index in [-0.39, 0.29) is 5.75 Å². The Morgan fingerprint density at radius 3 is 2.30 bits per heavy atom. The fraction of sp³-hybridized carbons (Fsp3) is 0.800. The fourth-order valence-corrected chi connectivity index (χ4v) is 6.97. The van der Waals surface area contributed by atoms with Crippen LogP contribution >= 0.6 is 27.4 Å². The molecule has 5 unspecified atom stereocenters. The summed E-state index contributed by atoms with van der Waals surface area (Å²) < 4.78 is 59.8. The van der Waals surface area contributed by atoms with E-state index in [0.717, 1.165) is 16.8 Å². The van der Waals surface area contributed by atoms with Gasteiger partial charge in [0.2, 0.25) is 0 Å². The fourth-order valence-electron chi connectivity index (χ4n) is 3.90. The molecule has 1 aromatic heterocycles. The van der Waals surface area contributed by atoms with Gasteiger partial charge in [-0.3, -0.25) is 23.4 Å². The van der Waals surface area contributed by atoms with Gasteiger partial charge in [-0.2, -0.15) is 16.1 Å². The van der Waals surface area contributed by atoms with Gasteiger partial charge in [-0.1, -0.05) is 0 Å². The van der Waals surface area contributed by atoms with Gasteiger partial charge in [0.15, 0.2) is 12.5 Å². The Balaban J connectivity index is 1.54. The molecule has 0 bridgehead atoms. The zero-order valence-electron chi connectivity index (χ0n) is 22.5. The predicted octanol–water partition coefficient (Wildman–Crippen LogP) is -3.39. The van der Waals surface area contributed by atoms with Crippen LogP contribution in [0.25, 0.3) is 0 Å². The molecule has 3 rings (SSSR count). The van der Waals surface area contributed by atoms with Crippen molar-refractivity contribution >= 4 is 27.4 Å². The van der Waals surface area contributed by atoms with E-state index >= 15 is 0 Å². The first-order chi connectivity index (χ1) is 20.2. The molecule has 20 nitrogen and oxygen atoms in total. The quantitative estimate of drug-likeness (QED) is 0.0622. The van der Waals surface area contributed by atoms with E-state index in [9.17, 15) is 54.0 Å². The second kappa shape index (κ2) is 16.0. The summed E-state index contributed by atoms with van der Waals surface area (Å²) in [4.78, 5) is 45.2. The molecule has 0 aromatic carbocycles. The standard InChI is InChI=1S/C20H34N2O18P2S/c1-34-4-5-35-6-7-43-9-11-14(25)15(26)17(28)19(38-11)39-42(32,33)40-41(30,31)36-8-10-13(24)16(27)18(37-10)22-3-2-12(23)21-20(22)29/h2-3,10-11,13-19,24-28H,4-9H2,1H3,(H,30,31)(H,32,33)(H,21,23,29)/t10-,11?,13+,14+,15+,16+,17?,18?,19+/m1/s1. The van der Waals surface area contributed by atoms with Crippen molar-refractivity contribution in [2.24, 2.45) is 0 Å². The van der Waals surface area contributed by atoms with Crippen LogP contribution in [0.5, 0.6) is 0 Å². The highest BCUT2D eigenvalue weighted by Gasteiger charge is 2.49. The van der Waals surface area contributed by atoms with Crippen molar-refractivity contribution in [2.75, 3.05) is 45.0 Å². The molecule has 0 amide bonds. The van der Waals surface area contributed by atoms with Crippen LogP contribution in [0.4, 0.5) is 0 Å². The van der Waals surface area contributed by atoms with Crippen LogP contribution in [-0.2, 0) is 41.4 Å². The largest absolute Gasteiger partial charge is 0.483 e. The molecule has 248 valence electrons. The predicted molar refractivity (Wildman–Crippen MR) is 142 cm³/mol. The lowest BCUT2D eigenvalue weighted by atomic mass is 10.0. The summed E-state index contributed by atoms with van der Waals surface area (Å²) in [6.07, 6.45) is -14.6. The zero-order valence-corrected chi connectivity index (χ0v) is 25.1. The molecule has 3 heterocycles. The number of phosphoric acid groups is 2. The highest BCUT2D eigenvalue weighted by atomic mass is 32.2. The van der Waals surface area contributed by atoms with Gasteiger partial charge in [-0.15, -0.1) is 0 Å². The molecule has 1 aromatic rings. The van der Waals surface area contributed by atoms with Crippen molar-refractivity contribution in [1.82, 2.24) is 9.55 Å². The monoisotopic (exact) mass is 684 g/mol. The molecule has 0 spiro atoms. The second-order valence-corrected chi connectivity index (χ2v) is 13.3. The molecule has 8 N–H and O–H groups in total. The lowest BCUT2D eigenvalue weighted by Gasteiger charge is -2.40. The van der Waals surface area contributed by atoms with Crippen molar-refractivity contribution < 1.29 is 76.8 Å². The van der Waals surface area contributed by atoms with E-state index in [2.05, 4.69) is 13.4 Å². The topological polar surface area (TPSA) is 295 Å². The first-order valence-corrected chi connectivity index (χ1v) is 16.7. The Morgan fingerprint density at radius 2 is 1.63 bits per heavy atom. The Kier molecular flexibility index (Phi) is 13.5. The third-order valence-electron chi connectivity index (χ3n) is 6.06. The van der Waals surface area contributed by atoms with Crippen molar-refractivity contribution in [3.8, 4) is 0 Å². The third kappa shape index (κ3) is 10.2. The molecular formula is C20H34N2O18P2S. The summed E-state index contributed by atoms with van der Waals surface area (Å²) in [5.41, 5.74) is -1.73. The van der Waals surface area contributed by atoms with E-state index in [1.807, 2.05) is 4.98 Å². The van der Waals surface area contributed by atoms with Gasteiger partial charge in [-0.05, 0) is 0 Å². The van der Waals surface area contributed by atoms with Crippen LogP contribution in [0.15, 0.2) is 21.9 Å². The van der Waals surface area contributed by atoms with Crippen LogP contribution in [-0.4, -0.2) is 139 Å². The molecule has 23 heteroatoms. The normalized spacial score (nSPS) is 34.1. The molecule has 2 fully saturated rings. The number of H-pyrrole nitrogens is 1. The molecular weight excluding hydrogens is 650 g/mol. The number of thioether (sulfide) groups is 1. The number of aromatic amines is 1. The maximum Gasteiger partial charge on any atom is 0.483 e. The Hall–Kier alpha value is -1.07. The number of hydrogen-bond donors (Lipinski definition) is 8. The molecule has 11 atom stereocenters. The SMILES string of the molecule is COCCOCCSCC1O[C@@H](OP(=O)(O)OP(=O)(O)OC[C@H]2OC(n3ccc(=O)[nH]c3=O)[C@@H](O)[C@H]2O)C(O)[C@@H](O)[C@H]1O. The molecule has 0 saturated carbocycles. The molecule has 2 aliphatic heterocycles. The van der Waals surface area contributed by atoms with Crippen LogP contribution in [0.2, 0.25) is 0 Å². The number of ether oxygens (including phenoxy) is 4. The first kappa shape index (κ1) is 36.4. The number of methoxy groups -OCH3 is 1. The van der Waals surface area contributed by atoms with Gasteiger partial charge in [0.25, 0.3) is 5.56 Å². The zero-order chi connectivity index (χ0) is 31.9. The lowest BCUT2D eigenvalue weighted by molar-refractivity contribution is -0.270. The van der Waals surface area contributed by atoms with Crippen molar-refractivity contribution in [2.45, 2.75) is 55.2 Å². The van der Waals surface area contributed by atoms with Gasteiger partial charge >= 0.3 is 21.3 Å². The van der Waals surface area contributed by atoms with Gasteiger partial charge in [0, 0.05) is 30.9 Å². The Morgan fingerprint density at radius 1 is 0.930 bits per heavy atom. The van der Waals surface area contributed by atoms with Crippen molar-refractivity contribution in [1.29, 1.82) is 0 Å².